The minimum atomic E-state index is -0.734. The number of amides is 1. The summed E-state index contributed by atoms with van der Waals surface area (Å²) in [5.74, 6) is 0.351. The van der Waals surface area contributed by atoms with E-state index in [0.717, 1.165) is 12.0 Å². The van der Waals surface area contributed by atoms with E-state index >= 15 is 0 Å². The molecule has 0 atom stereocenters. The molecule has 0 radical (unpaired) electrons. The number of rotatable bonds is 11. The summed E-state index contributed by atoms with van der Waals surface area (Å²) in [5, 5.41) is 0. The summed E-state index contributed by atoms with van der Waals surface area (Å²) in [6.45, 7) is 4.42. The number of hydrogen-bond donors (Lipinski definition) is 2. The number of nitrogen functional groups attached to an aromatic ring is 1. The van der Waals surface area contributed by atoms with Gasteiger partial charge in [0.15, 0.2) is 17.2 Å². The zero-order valence-electron chi connectivity index (χ0n) is 21.0. The van der Waals surface area contributed by atoms with Gasteiger partial charge in [-0.2, -0.15) is 0 Å². The first-order valence-corrected chi connectivity index (χ1v) is 11.7. The van der Waals surface area contributed by atoms with Gasteiger partial charge in [-0.05, 0) is 31.0 Å². The Morgan fingerprint density at radius 2 is 1.69 bits per heavy atom. The number of nitrogens with zero attached hydrogens (tertiary/aromatic N) is 2. The molecule has 0 aliphatic rings. The van der Waals surface area contributed by atoms with Gasteiger partial charge in [0.2, 0.25) is 5.75 Å². The smallest absolute Gasteiger partial charge is 0.330 e. The predicted octanol–water partition coefficient (Wildman–Crippen LogP) is 3.18. The molecule has 0 aliphatic heterocycles. The van der Waals surface area contributed by atoms with Gasteiger partial charge in [0.05, 0.1) is 14.2 Å². The van der Waals surface area contributed by atoms with E-state index in [2.05, 4.69) is 4.98 Å². The van der Waals surface area contributed by atoms with Crippen molar-refractivity contribution in [1.82, 2.24) is 9.55 Å². The van der Waals surface area contributed by atoms with Gasteiger partial charge >= 0.3 is 5.69 Å². The Morgan fingerprint density at radius 1 is 1.06 bits per heavy atom. The number of nitrogens with one attached hydrogen (secondary N) is 1. The molecule has 10 nitrogen and oxygen atoms in total. The van der Waals surface area contributed by atoms with Crippen LogP contribution in [0.25, 0.3) is 0 Å². The van der Waals surface area contributed by atoms with Crippen molar-refractivity contribution in [2.45, 2.75) is 39.8 Å². The fourth-order valence-corrected chi connectivity index (χ4v) is 3.81. The molecule has 3 N–H and O–H groups in total. The highest BCUT2D eigenvalue weighted by Gasteiger charge is 2.26. The van der Waals surface area contributed by atoms with Crippen molar-refractivity contribution in [2.24, 2.45) is 0 Å². The van der Waals surface area contributed by atoms with Crippen LogP contribution in [0.3, 0.4) is 0 Å². The number of methoxy groups -OCH3 is 2. The number of carbonyl (C=O) groups excluding carboxylic acids is 1. The zero-order valence-corrected chi connectivity index (χ0v) is 21.0. The summed E-state index contributed by atoms with van der Waals surface area (Å²) in [4.78, 5) is 42.1. The van der Waals surface area contributed by atoms with Crippen molar-refractivity contribution >= 4 is 17.4 Å². The van der Waals surface area contributed by atoms with Gasteiger partial charge in [-0.15, -0.1) is 0 Å². The Kier molecular flexibility index (Phi) is 8.77. The van der Waals surface area contributed by atoms with Crippen molar-refractivity contribution in [1.29, 1.82) is 0 Å². The van der Waals surface area contributed by atoms with E-state index in [4.69, 9.17) is 19.9 Å². The lowest BCUT2D eigenvalue weighted by Crippen LogP contribution is -2.41. The van der Waals surface area contributed by atoms with Gasteiger partial charge in [-0.3, -0.25) is 19.1 Å². The van der Waals surface area contributed by atoms with E-state index in [1.807, 2.05) is 37.3 Å². The lowest BCUT2D eigenvalue weighted by atomic mass is 10.1. The SMILES string of the molecule is CCCCn1c(N)c(N(CC)C(=O)c2cc(OC)c(OCc3ccccc3)c(OC)c2)c(=O)[nH]c1=O. The minimum absolute atomic E-state index is 0.0610. The van der Waals surface area contributed by atoms with Crippen LogP contribution >= 0.6 is 0 Å². The summed E-state index contributed by atoms with van der Waals surface area (Å²) in [5.41, 5.74) is 5.95. The van der Waals surface area contributed by atoms with Crippen LogP contribution in [0.5, 0.6) is 17.2 Å². The third-order valence-electron chi connectivity index (χ3n) is 5.71. The van der Waals surface area contributed by atoms with Gasteiger partial charge in [-0.1, -0.05) is 43.7 Å². The van der Waals surface area contributed by atoms with E-state index < -0.39 is 17.2 Å². The molecule has 0 unspecified atom stereocenters. The molecule has 0 spiro atoms. The lowest BCUT2D eigenvalue weighted by molar-refractivity contribution is 0.0987. The molecule has 0 saturated carbocycles. The highest BCUT2D eigenvalue weighted by atomic mass is 16.5. The largest absolute Gasteiger partial charge is 0.493 e. The standard InChI is InChI=1S/C26H32N4O6/c1-5-7-13-30-23(27)21(24(31)28-26(30)33)29(6-2)25(32)18-14-19(34-3)22(20(15-18)35-4)36-16-17-11-9-8-10-12-17/h8-12,14-15H,5-7,13,16,27H2,1-4H3,(H,28,31,33). The molecule has 10 heteroatoms. The molecular weight excluding hydrogens is 464 g/mol. The van der Waals surface area contributed by atoms with Crippen LogP contribution in [0.2, 0.25) is 0 Å². The average Bonchev–Trinajstić information content (AvgIpc) is 2.89. The van der Waals surface area contributed by atoms with Crippen molar-refractivity contribution in [3.05, 3.63) is 74.4 Å². The van der Waals surface area contributed by atoms with Crippen molar-refractivity contribution in [2.75, 3.05) is 31.4 Å². The second-order valence-electron chi connectivity index (χ2n) is 8.03. The number of carbonyl (C=O) groups is 1. The molecular formula is C26H32N4O6. The number of nitrogens with two attached hydrogens (primary N) is 1. The van der Waals surface area contributed by atoms with Crippen molar-refractivity contribution in [3.63, 3.8) is 0 Å². The summed E-state index contributed by atoms with van der Waals surface area (Å²) < 4.78 is 18.2. The number of hydrogen-bond acceptors (Lipinski definition) is 7. The normalized spacial score (nSPS) is 10.7. The molecule has 0 aliphatic carbocycles. The number of aromatic amines is 1. The predicted molar refractivity (Wildman–Crippen MR) is 138 cm³/mol. The zero-order chi connectivity index (χ0) is 26.2. The molecule has 192 valence electrons. The lowest BCUT2D eigenvalue weighted by Gasteiger charge is -2.24. The molecule has 1 amide bonds. The molecule has 1 heterocycles. The first kappa shape index (κ1) is 26.4. The van der Waals surface area contributed by atoms with Crippen LogP contribution in [-0.2, 0) is 13.2 Å². The quantitative estimate of drug-likeness (QED) is 0.417. The second kappa shape index (κ2) is 12.0. The molecule has 0 bridgehead atoms. The first-order valence-electron chi connectivity index (χ1n) is 11.7. The Morgan fingerprint density at radius 3 is 2.25 bits per heavy atom. The van der Waals surface area contributed by atoms with Crippen LogP contribution in [0.4, 0.5) is 11.5 Å². The van der Waals surface area contributed by atoms with Crippen LogP contribution in [0, 0.1) is 0 Å². The molecule has 2 aromatic carbocycles. The van der Waals surface area contributed by atoms with Crippen molar-refractivity contribution in [3.8, 4) is 17.2 Å². The van der Waals surface area contributed by atoms with Crippen LogP contribution in [0.1, 0.15) is 42.6 Å². The van der Waals surface area contributed by atoms with E-state index in [-0.39, 0.29) is 30.2 Å². The van der Waals surface area contributed by atoms with E-state index in [9.17, 15) is 14.4 Å². The maximum atomic E-state index is 13.6. The van der Waals surface area contributed by atoms with Gasteiger partial charge in [0, 0.05) is 18.7 Å². The van der Waals surface area contributed by atoms with E-state index in [0.29, 0.717) is 30.2 Å². The topological polar surface area (TPSA) is 129 Å². The molecule has 3 aromatic rings. The molecule has 0 fully saturated rings. The summed E-state index contributed by atoms with van der Waals surface area (Å²) in [6.07, 6.45) is 1.52. The van der Waals surface area contributed by atoms with Gasteiger partial charge in [-0.25, -0.2) is 4.79 Å². The first-order chi connectivity index (χ1) is 17.4. The molecule has 36 heavy (non-hydrogen) atoms. The Bertz CT molecular complexity index is 1290. The fraction of sp³-hybridized carbons (Fsp3) is 0.346. The van der Waals surface area contributed by atoms with Crippen LogP contribution in [0.15, 0.2) is 52.1 Å². The third kappa shape index (κ3) is 5.54. The van der Waals surface area contributed by atoms with Crippen molar-refractivity contribution < 1.29 is 19.0 Å². The highest BCUT2D eigenvalue weighted by molar-refractivity contribution is 6.07. The maximum absolute atomic E-state index is 13.6. The minimum Gasteiger partial charge on any atom is -0.493 e. The summed E-state index contributed by atoms with van der Waals surface area (Å²) >= 11 is 0. The van der Waals surface area contributed by atoms with E-state index in [1.165, 1.54) is 35.8 Å². The fourth-order valence-electron chi connectivity index (χ4n) is 3.81. The number of ether oxygens (including phenoxy) is 3. The Labute approximate surface area is 209 Å². The molecule has 1 aromatic heterocycles. The van der Waals surface area contributed by atoms with Gasteiger partial charge in [0.25, 0.3) is 11.5 Å². The maximum Gasteiger partial charge on any atom is 0.330 e. The number of anilines is 2. The number of aromatic nitrogens is 2. The number of H-pyrrole nitrogens is 1. The highest BCUT2D eigenvalue weighted by Crippen LogP contribution is 2.39. The summed E-state index contributed by atoms with van der Waals surface area (Å²) in [6, 6.07) is 12.6. The Hall–Kier alpha value is -4.21. The van der Waals surface area contributed by atoms with Crippen LogP contribution < -0.4 is 36.1 Å². The number of unbranched alkanes of at least 4 members (excludes halogenated alkanes) is 1. The van der Waals surface area contributed by atoms with Gasteiger partial charge < -0.3 is 24.8 Å². The third-order valence-corrected chi connectivity index (χ3v) is 5.71. The summed E-state index contributed by atoms with van der Waals surface area (Å²) in [7, 11) is 2.92. The monoisotopic (exact) mass is 496 g/mol. The van der Waals surface area contributed by atoms with E-state index in [1.54, 1.807) is 6.92 Å². The Balaban J connectivity index is 2.01. The number of benzene rings is 2. The molecule has 0 saturated heterocycles. The molecule has 3 rings (SSSR count). The average molecular weight is 497 g/mol. The van der Waals surface area contributed by atoms with Gasteiger partial charge in [0.1, 0.15) is 12.4 Å². The second-order valence-corrected chi connectivity index (χ2v) is 8.03. The van der Waals surface area contributed by atoms with Crippen LogP contribution in [-0.4, -0.2) is 36.2 Å².